The number of methoxy groups -OCH3 is 1. The fraction of sp³-hybridized carbons (Fsp3) is 0.333. The number of hydrogen-bond donors (Lipinski definition) is 0. The van der Waals surface area contributed by atoms with Crippen LogP contribution in [0.25, 0.3) is 5.57 Å². The first kappa shape index (κ1) is 19.2. The van der Waals surface area contributed by atoms with Crippen molar-refractivity contribution in [3.63, 3.8) is 0 Å². The van der Waals surface area contributed by atoms with E-state index < -0.39 is 0 Å². The lowest BCUT2D eigenvalue weighted by atomic mass is 9.97. The predicted molar refractivity (Wildman–Crippen MR) is 114 cm³/mol. The highest BCUT2D eigenvalue weighted by Gasteiger charge is 2.43. The summed E-state index contributed by atoms with van der Waals surface area (Å²) in [6, 6.07) is 15.0. The first-order chi connectivity index (χ1) is 14.0. The van der Waals surface area contributed by atoms with E-state index in [0.717, 1.165) is 37.1 Å². The van der Waals surface area contributed by atoms with Crippen molar-refractivity contribution in [2.75, 3.05) is 25.1 Å². The van der Waals surface area contributed by atoms with Crippen LogP contribution in [0.5, 0.6) is 5.75 Å². The van der Waals surface area contributed by atoms with Gasteiger partial charge in [0.05, 0.1) is 18.4 Å². The third-order valence-corrected chi connectivity index (χ3v) is 5.80. The maximum Gasteiger partial charge on any atom is 0.282 e. The molecule has 0 spiro atoms. The molecule has 29 heavy (non-hydrogen) atoms. The summed E-state index contributed by atoms with van der Waals surface area (Å²) in [5.41, 5.74) is 3.22. The summed E-state index contributed by atoms with van der Waals surface area (Å²) in [6.45, 7) is 5.73. The second kappa shape index (κ2) is 7.74. The molecule has 0 aromatic heterocycles. The van der Waals surface area contributed by atoms with Gasteiger partial charge in [-0.3, -0.25) is 9.59 Å². The van der Waals surface area contributed by atoms with Crippen molar-refractivity contribution in [2.45, 2.75) is 26.7 Å². The first-order valence-electron chi connectivity index (χ1n) is 10.1. The topological polar surface area (TPSA) is 49.9 Å². The highest BCUT2D eigenvalue weighted by Crippen LogP contribution is 2.39. The van der Waals surface area contributed by atoms with Crippen LogP contribution in [0.4, 0.5) is 5.69 Å². The van der Waals surface area contributed by atoms with Gasteiger partial charge in [0.25, 0.3) is 11.8 Å². The smallest absolute Gasteiger partial charge is 0.282 e. The van der Waals surface area contributed by atoms with Gasteiger partial charge < -0.3 is 9.64 Å². The van der Waals surface area contributed by atoms with E-state index in [2.05, 4.69) is 11.8 Å². The molecule has 0 radical (unpaired) electrons. The minimum Gasteiger partial charge on any atom is -0.495 e. The molecule has 0 saturated carbocycles. The molecule has 4 rings (SSSR count). The Labute approximate surface area is 171 Å². The molecule has 5 nitrogen and oxygen atoms in total. The summed E-state index contributed by atoms with van der Waals surface area (Å²) < 4.78 is 5.47. The number of imide groups is 1. The molecule has 1 fully saturated rings. The number of anilines is 1. The van der Waals surface area contributed by atoms with E-state index in [-0.39, 0.29) is 11.8 Å². The first-order valence-corrected chi connectivity index (χ1v) is 10.1. The number of benzene rings is 2. The standard InChI is InChI=1S/C24H26N2O3/c1-16-11-13-25(14-12-16)22-21(18-7-5-4-6-8-18)23(27)26(24(22)28)19-15-17(2)9-10-20(19)29-3/h4-10,15-16H,11-14H2,1-3H3. The number of amides is 2. The maximum absolute atomic E-state index is 13.6. The van der Waals surface area contributed by atoms with Crippen molar-refractivity contribution in [3.05, 3.63) is 65.4 Å². The average Bonchev–Trinajstić information content (AvgIpc) is 2.99. The molecule has 0 aliphatic carbocycles. The number of piperidine rings is 1. The van der Waals surface area contributed by atoms with Crippen molar-refractivity contribution in [2.24, 2.45) is 5.92 Å². The fourth-order valence-corrected chi connectivity index (χ4v) is 4.10. The second-order valence-corrected chi connectivity index (χ2v) is 7.88. The molecule has 2 aliphatic heterocycles. The van der Waals surface area contributed by atoms with Crippen molar-refractivity contribution in [3.8, 4) is 5.75 Å². The number of aryl methyl sites for hydroxylation is 1. The quantitative estimate of drug-likeness (QED) is 0.740. The Morgan fingerprint density at radius 2 is 1.66 bits per heavy atom. The summed E-state index contributed by atoms with van der Waals surface area (Å²) in [5, 5.41) is 0. The number of carbonyl (C=O) groups excluding carboxylic acids is 2. The van der Waals surface area contributed by atoms with Gasteiger partial charge in [0.2, 0.25) is 0 Å². The Hall–Kier alpha value is -3.08. The van der Waals surface area contributed by atoms with Crippen LogP contribution >= 0.6 is 0 Å². The highest BCUT2D eigenvalue weighted by molar-refractivity contribution is 6.45. The molecule has 2 aromatic rings. The summed E-state index contributed by atoms with van der Waals surface area (Å²) in [4.78, 5) is 30.6. The van der Waals surface area contributed by atoms with E-state index >= 15 is 0 Å². The van der Waals surface area contributed by atoms with E-state index in [1.165, 1.54) is 4.90 Å². The normalized spacial score (nSPS) is 18.0. The summed E-state index contributed by atoms with van der Waals surface area (Å²) in [7, 11) is 1.55. The van der Waals surface area contributed by atoms with Gasteiger partial charge in [0.15, 0.2) is 0 Å². The number of hydrogen-bond acceptors (Lipinski definition) is 4. The molecular formula is C24H26N2O3. The molecular weight excluding hydrogens is 364 g/mol. The number of likely N-dealkylation sites (tertiary alicyclic amines) is 1. The van der Waals surface area contributed by atoms with Crippen LogP contribution in [-0.2, 0) is 9.59 Å². The monoisotopic (exact) mass is 390 g/mol. The molecule has 0 unspecified atom stereocenters. The van der Waals surface area contributed by atoms with Crippen LogP contribution in [0.15, 0.2) is 54.2 Å². The van der Waals surface area contributed by atoms with Gasteiger partial charge in [-0.25, -0.2) is 4.90 Å². The third-order valence-electron chi connectivity index (χ3n) is 5.80. The minimum absolute atomic E-state index is 0.271. The van der Waals surface area contributed by atoms with Gasteiger partial charge in [-0.15, -0.1) is 0 Å². The number of ether oxygens (including phenoxy) is 1. The highest BCUT2D eigenvalue weighted by atomic mass is 16.5. The van der Waals surface area contributed by atoms with Gasteiger partial charge in [0.1, 0.15) is 11.4 Å². The lowest BCUT2D eigenvalue weighted by Gasteiger charge is -2.32. The second-order valence-electron chi connectivity index (χ2n) is 7.88. The van der Waals surface area contributed by atoms with Crippen molar-refractivity contribution in [1.82, 2.24) is 4.90 Å². The van der Waals surface area contributed by atoms with Crippen LogP contribution in [0.3, 0.4) is 0 Å². The van der Waals surface area contributed by atoms with Crippen LogP contribution in [0.1, 0.15) is 30.9 Å². The Bertz CT molecular complexity index is 973. The Kier molecular flexibility index (Phi) is 5.14. The number of carbonyl (C=O) groups is 2. The van der Waals surface area contributed by atoms with E-state index in [1.807, 2.05) is 49.4 Å². The van der Waals surface area contributed by atoms with Gasteiger partial charge in [-0.05, 0) is 48.9 Å². The van der Waals surface area contributed by atoms with Crippen molar-refractivity contribution >= 4 is 23.1 Å². The largest absolute Gasteiger partial charge is 0.495 e. The summed E-state index contributed by atoms with van der Waals surface area (Å²) >= 11 is 0. The lowest BCUT2D eigenvalue weighted by molar-refractivity contribution is -0.120. The summed E-state index contributed by atoms with van der Waals surface area (Å²) in [6.07, 6.45) is 2.03. The maximum atomic E-state index is 13.6. The molecule has 2 aliphatic rings. The van der Waals surface area contributed by atoms with Crippen molar-refractivity contribution < 1.29 is 14.3 Å². The van der Waals surface area contributed by atoms with E-state index in [9.17, 15) is 9.59 Å². The molecule has 150 valence electrons. The molecule has 5 heteroatoms. The Morgan fingerprint density at radius 1 is 0.966 bits per heavy atom. The predicted octanol–water partition coefficient (Wildman–Crippen LogP) is 4.02. The summed E-state index contributed by atoms with van der Waals surface area (Å²) in [5.74, 6) is 0.580. The van der Waals surface area contributed by atoms with E-state index in [4.69, 9.17) is 4.74 Å². The van der Waals surface area contributed by atoms with Crippen LogP contribution in [0.2, 0.25) is 0 Å². The average molecular weight is 390 g/mol. The van der Waals surface area contributed by atoms with Crippen LogP contribution in [-0.4, -0.2) is 36.9 Å². The van der Waals surface area contributed by atoms with Gasteiger partial charge in [0, 0.05) is 13.1 Å². The van der Waals surface area contributed by atoms with Crippen LogP contribution in [0, 0.1) is 12.8 Å². The van der Waals surface area contributed by atoms with Gasteiger partial charge in [-0.2, -0.15) is 0 Å². The Morgan fingerprint density at radius 3 is 2.31 bits per heavy atom. The zero-order valence-electron chi connectivity index (χ0n) is 17.1. The van der Waals surface area contributed by atoms with Gasteiger partial charge >= 0.3 is 0 Å². The molecule has 0 atom stereocenters. The van der Waals surface area contributed by atoms with E-state index in [1.54, 1.807) is 13.2 Å². The van der Waals surface area contributed by atoms with Gasteiger partial charge in [-0.1, -0.05) is 43.3 Å². The van der Waals surface area contributed by atoms with Crippen LogP contribution < -0.4 is 9.64 Å². The molecule has 2 amide bonds. The molecule has 2 heterocycles. The molecule has 1 saturated heterocycles. The molecule has 0 N–H and O–H groups in total. The zero-order chi connectivity index (χ0) is 20.5. The van der Waals surface area contributed by atoms with Crippen molar-refractivity contribution in [1.29, 1.82) is 0 Å². The lowest BCUT2D eigenvalue weighted by Crippen LogP contribution is -2.38. The number of nitrogens with zero attached hydrogens (tertiary/aromatic N) is 2. The molecule has 0 bridgehead atoms. The van der Waals surface area contributed by atoms with E-state index in [0.29, 0.717) is 28.6 Å². The minimum atomic E-state index is -0.293. The Balaban J connectivity index is 1.83. The SMILES string of the molecule is COc1ccc(C)cc1N1C(=O)C(c2ccccc2)=C(N2CCC(C)CC2)C1=O. The third kappa shape index (κ3) is 3.41. The number of rotatable bonds is 4. The zero-order valence-corrected chi connectivity index (χ0v) is 17.1. The molecule has 2 aromatic carbocycles. The fourth-order valence-electron chi connectivity index (χ4n) is 4.10.